The molecule has 2 heterocycles. The normalized spacial score (nSPS) is 22.9. The highest BCUT2D eigenvalue weighted by atomic mass is 16.5. The molecule has 1 aromatic heterocycles. The maximum atomic E-state index is 10.4. The lowest BCUT2D eigenvalue weighted by molar-refractivity contribution is 0.0559. The summed E-state index contributed by atoms with van der Waals surface area (Å²) in [4.78, 5) is 4.18. The van der Waals surface area contributed by atoms with E-state index >= 15 is 0 Å². The van der Waals surface area contributed by atoms with Gasteiger partial charge in [0.1, 0.15) is 24.3 Å². The second kappa shape index (κ2) is 3.89. The quantitative estimate of drug-likeness (QED) is 0.813. The number of para-hydroxylation sites is 1. The van der Waals surface area contributed by atoms with Crippen LogP contribution >= 0.6 is 0 Å². The van der Waals surface area contributed by atoms with E-state index in [1.54, 1.807) is 6.20 Å². The average Bonchev–Trinajstić information content (AvgIpc) is 2.76. The molecule has 1 aliphatic rings. The van der Waals surface area contributed by atoms with Crippen LogP contribution in [0.4, 0.5) is 0 Å². The van der Waals surface area contributed by atoms with Crippen LogP contribution in [0.15, 0.2) is 36.7 Å². The van der Waals surface area contributed by atoms with Crippen LogP contribution in [0, 0.1) is 6.92 Å². The number of ether oxygens (including phenoxy) is 1. The molecule has 1 aliphatic heterocycles. The first kappa shape index (κ1) is 10.4. The molecule has 17 heavy (non-hydrogen) atoms. The van der Waals surface area contributed by atoms with Gasteiger partial charge in [-0.25, -0.2) is 4.98 Å². The number of imidazole rings is 1. The molecule has 0 radical (unpaired) electrons. The SMILES string of the molecule is Cc1nccn1C1COc2ccccc2C1O. The zero-order valence-corrected chi connectivity index (χ0v) is 9.58. The molecule has 0 aliphatic carbocycles. The molecule has 0 saturated carbocycles. The molecule has 2 aromatic rings. The van der Waals surface area contributed by atoms with Gasteiger partial charge >= 0.3 is 0 Å². The van der Waals surface area contributed by atoms with Crippen molar-refractivity contribution in [2.24, 2.45) is 0 Å². The minimum absolute atomic E-state index is 0.104. The van der Waals surface area contributed by atoms with E-state index in [4.69, 9.17) is 4.74 Å². The molecule has 0 saturated heterocycles. The van der Waals surface area contributed by atoms with E-state index in [9.17, 15) is 5.11 Å². The van der Waals surface area contributed by atoms with Crippen molar-refractivity contribution in [3.8, 4) is 5.75 Å². The third kappa shape index (κ3) is 1.61. The Balaban J connectivity index is 2.00. The van der Waals surface area contributed by atoms with Gasteiger partial charge in [0.25, 0.3) is 0 Å². The van der Waals surface area contributed by atoms with E-state index in [1.807, 2.05) is 42.0 Å². The molecule has 1 N–H and O–H groups in total. The highest BCUT2D eigenvalue weighted by Crippen LogP contribution is 2.37. The lowest BCUT2D eigenvalue weighted by Crippen LogP contribution is -2.29. The van der Waals surface area contributed by atoms with Crippen molar-refractivity contribution in [3.05, 3.63) is 48.0 Å². The number of hydrogen-bond acceptors (Lipinski definition) is 3. The van der Waals surface area contributed by atoms with Crippen molar-refractivity contribution < 1.29 is 9.84 Å². The standard InChI is InChI=1S/C13H14N2O2/c1-9-14-6-7-15(9)11-8-17-12-5-3-2-4-10(12)13(11)16/h2-7,11,13,16H,8H2,1H3. The summed E-state index contributed by atoms with van der Waals surface area (Å²) < 4.78 is 7.64. The van der Waals surface area contributed by atoms with Gasteiger partial charge in [-0.3, -0.25) is 0 Å². The van der Waals surface area contributed by atoms with Gasteiger partial charge in [-0.2, -0.15) is 0 Å². The number of rotatable bonds is 1. The van der Waals surface area contributed by atoms with Crippen molar-refractivity contribution in [3.63, 3.8) is 0 Å². The summed E-state index contributed by atoms with van der Waals surface area (Å²) in [5.74, 6) is 1.66. The van der Waals surface area contributed by atoms with E-state index in [0.29, 0.717) is 6.61 Å². The summed E-state index contributed by atoms with van der Waals surface area (Å²) in [7, 11) is 0. The van der Waals surface area contributed by atoms with E-state index in [-0.39, 0.29) is 6.04 Å². The molecule has 3 rings (SSSR count). The highest BCUT2D eigenvalue weighted by molar-refractivity contribution is 5.37. The van der Waals surface area contributed by atoms with Crippen LogP contribution in [0.1, 0.15) is 23.5 Å². The van der Waals surface area contributed by atoms with E-state index in [0.717, 1.165) is 17.1 Å². The first-order chi connectivity index (χ1) is 8.27. The maximum Gasteiger partial charge on any atom is 0.125 e. The molecule has 0 spiro atoms. The number of aliphatic hydroxyl groups excluding tert-OH is 1. The molecule has 2 atom stereocenters. The van der Waals surface area contributed by atoms with Crippen LogP contribution in [0.5, 0.6) is 5.75 Å². The highest BCUT2D eigenvalue weighted by Gasteiger charge is 2.30. The number of aliphatic hydroxyl groups is 1. The Morgan fingerprint density at radius 2 is 2.24 bits per heavy atom. The minimum atomic E-state index is -0.548. The van der Waals surface area contributed by atoms with Gasteiger partial charge in [-0.15, -0.1) is 0 Å². The van der Waals surface area contributed by atoms with Gasteiger partial charge in [0, 0.05) is 18.0 Å². The Labute approximate surface area is 99.5 Å². The lowest BCUT2D eigenvalue weighted by Gasteiger charge is -2.31. The molecule has 4 heteroatoms. The zero-order chi connectivity index (χ0) is 11.8. The van der Waals surface area contributed by atoms with Gasteiger partial charge in [0.2, 0.25) is 0 Å². The zero-order valence-electron chi connectivity index (χ0n) is 9.58. The molecule has 0 amide bonds. The fourth-order valence-electron chi connectivity index (χ4n) is 2.30. The van der Waals surface area contributed by atoms with Gasteiger partial charge in [-0.05, 0) is 13.0 Å². The number of benzene rings is 1. The predicted molar refractivity (Wildman–Crippen MR) is 62.9 cm³/mol. The lowest BCUT2D eigenvalue weighted by atomic mass is 9.99. The third-order valence-electron chi connectivity index (χ3n) is 3.23. The third-order valence-corrected chi connectivity index (χ3v) is 3.23. The summed E-state index contributed by atoms with van der Waals surface area (Å²) in [5.41, 5.74) is 0.844. The topological polar surface area (TPSA) is 47.3 Å². The average molecular weight is 230 g/mol. The van der Waals surface area contributed by atoms with Gasteiger partial charge in [0.15, 0.2) is 0 Å². The minimum Gasteiger partial charge on any atom is -0.491 e. The molecular formula is C13H14N2O2. The van der Waals surface area contributed by atoms with Gasteiger partial charge < -0.3 is 14.4 Å². The van der Waals surface area contributed by atoms with Crippen molar-refractivity contribution in [1.82, 2.24) is 9.55 Å². The first-order valence-electron chi connectivity index (χ1n) is 5.66. The van der Waals surface area contributed by atoms with Crippen LogP contribution in [0.3, 0.4) is 0 Å². The van der Waals surface area contributed by atoms with Crippen molar-refractivity contribution >= 4 is 0 Å². The van der Waals surface area contributed by atoms with Gasteiger partial charge in [0.05, 0.1) is 6.04 Å². The van der Waals surface area contributed by atoms with E-state index in [2.05, 4.69) is 4.98 Å². The van der Waals surface area contributed by atoms with Crippen molar-refractivity contribution in [1.29, 1.82) is 0 Å². The summed E-state index contributed by atoms with van der Waals surface area (Å²) in [6, 6.07) is 7.50. The molecule has 0 fully saturated rings. The molecule has 1 aromatic carbocycles. The first-order valence-corrected chi connectivity index (χ1v) is 5.66. The Bertz CT molecular complexity index is 536. The molecule has 88 valence electrons. The fourth-order valence-corrected chi connectivity index (χ4v) is 2.30. The van der Waals surface area contributed by atoms with Gasteiger partial charge in [-0.1, -0.05) is 18.2 Å². The summed E-state index contributed by atoms with van der Waals surface area (Å²) in [6.07, 6.45) is 3.07. The van der Waals surface area contributed by atoms with Crippen LogP contribution in [0.25, 0.3) is 0 Å². The van der Waals surface area contributed by atoms with Crippen LogP contribution in [0.2, 0.25) is 0 Å². The second-order valence-electron chi connectivity index (χ2n) is 4.24. The molecule has 0 bridgehead atoms. The van der Waals surface area contributed by atoms with E-state index < -0.39 is 6.10 Å². The fraction of sp³-hybridized carbons (Fsp3) is 0.308. The summed E-state index contributed by atoms with van der Waals surface area (Å²) in [5, 5.41) is 10.4. The monoisotopic (exact) mass is 230 g/mol. The number of aromatic nitrogens is 2. The van der Waals surface area contributed by atoms with E-state index in [1.165, 1.54) is 0 Å². The van der Waals surface area contributed by atoms with Crippen molar-refractivity contribution in [2.45, 2.75) is 19.1 Å². The smallest absolute Gasteiger partial charge is 0.125 e. The molecule has 4 nitrogen and oxygen atoms in total. The summed E-state index contributed by atoms with van der Waals surface area (Å²) >= 11 is 0. The number of nitrogens with zero attached hydrogens (tertiary/aromatic N) is 2. The molecule has 2 unspecified atom stereocenters. The number of fused-ring (bicyclic) bond motifs is 1. The molecular weight excluding hydrogens is 216 g/mol. The second-order valence-corrected chi connectivity index (χ2v) is 4.24. The van der Waals surface area contributed by atoms with Crippen LogP contribution in [-0.4, -0.2) is 21.3 Å². The Morgan fingerprint density at radius 1 is 1.41 bits per heavy atom. The Kier molecular flexibility index (Phi) is 2.37. The Hall–Kier alpha value is -1.81. The van der Waals surface area contributed by atoms with Crippen molar-refractivity contribution in [2.75, 3.05) is 6.61 Å². The summed E-state index contributed by atoms with van der Waals surface area (Å²) in [6.45, 7) is 2.39. The van der Waals surface area contributed by atoms with Crippen LogP contribution in [-0.2, 0) is 0 Å². The van der Waals surface area contributed by atoms with Crippen LogP contribution < -0.4 is 4.74 Å². The number of aryl methyl sites for hydroxylation is 1. The number of hydrogen-bond donors (Lipinski definition) is 1. The maximum absolute atomic E-state index is 10.4. The predicted octanol–water partition coefficient (Wildman–Crippen LogP) is 1.86. The Morgan fingerprint density at radius 3 is 3.00 bits per heavy atom. The largest absolute Gasteiger partial charge is 0.491 e.